The standard InChI is InChI=1S/C12H13NOS/c1-9-8-11(5-6-12(9)13)4-3-7-15-10(2)14/h5-6,8H,7,13H2,1-2H3. The lowest BCUT2D eigenvalue weighted by atomic mass is 10.1. The van der Waals surface area contributed by atoms with Gasteiger partial charge in [0.15, 0.2) is 5.12 Å². The largest absolute Gasteiger partial charge is 0.399 e. The van der Waals surface area contributed by atoms with Gasteiger partial charge in [-0.25, -0.2) is 0 Å². The van der Waals surface area contributed by atoms with Crippen LogP contribution >= 0.6 is 11.8 Å². The molecule has 2 N–H and O–H groups in total. The molecule has 1 rings (SSSR count). The number of carbonyl (C=O) groups is 1. The third-order valence-corrected chi connectivity index (χ3v) is 2.55. The zero-order chi connectivity index (χ0) is 11.3. The smallest absolute Gasteiger partial charge is 0.186 e. The molecule has 0 saturated carbocycles. The molecule has 0 fully saturated rings. The number of benzene rings is 1. The average molecular weight is 219 g/mol. The lowest BCUT2D eigenvalue weighted by Crippen LogP contribution is -1.89. The van der Waals surface area contributed by atoms with E-state index in [2.05, 4.69) is 11.8 Å². The van der Waals surface area contributed by atoms with Crippen LogP contribution in [-0.4, -0.2) is 10.9 Å². The molecule has 0 aliphatic rings. The van der Waals surface area contributed by atoms with Crippen molar-refractivity contribution in [3.05, 3.63) is 29.3 Å². The Morgan fingerprint density at radius 2 is 2.27 bits per heavy atom. The van der Waals surface area contributed by atoms with Crippen molar-refractivity contribution in [2.45, 2.75) is 13.8 Å². The predicted molar refractivity (Wildman–Crippen MR) is 65.6 cm³/mol. The first-order valence-corrected chi connectivity index (χ1v) is 5.56. The van der Waals surface area contributed by atoms with Gasteiger partial charge in [-0.2, -0.15) is 0 Å². The second-order valence-electron chi connectivity index (χ2n) is 3.15. The van der Waals surface area contributed by atoms with E-state index in [1.807, 2.05) is 25.1 Å². The van der Waals surface area contributed by atoms with Gasteiger partial charge in [-0.3, -0.25) is 4.79 Å². The highest BCUT2D eigenvalue weighted by molar-refractivity contribution is 8.13. The molecule has 3 heteroatoms. The van der Waals surface area contributed by atoms with Crippen molar-refractivity contribution in [2.75, 3.05) is 11.5 Å². The van der Waals surface area contributed by atoms with Crippen LogP contribution in [0.3, 0.4) is 0 Å². The summed E-state index contributed by atoms with van der Waals surface area (Å²) in [6.07, 6.45) is 0. The second-order valence-corrected chi connectivity index (χ2v) is 4.31. The van der Waals surface area contributed by atoms with Gasteiger partial charge in [0.2, 0.25) is 0 Å². The first-order valence-electron chi connectivity index (χ1n) is 4.58. The summed E-state index contributed by atoms with van der Waals surface area (Å²) >= 11 is 1.22. The first-order chi connectivity index (χ1) is 7.09. The Bertz CT molecular complexity index is 429. The fourth-order valence-corrected chi connectivity index (χ4v) is 1.38. The summed E-state index contributed by atoms with van der Waals surface area (Å²) in [4.78, 5) is 10.6. The van der Waals surface area contributed by atoms with Crippen LogP contribution < -0.4 is 5.73 Å². The van der Waals surface area contributed by atoms with E-state index >= 15 is 0 Å². The van der Waals surface area contributed by atoms with Gasteiger partial charge in [0, 0.05) is 18.2 Å². The van der Waals surface area contributed by atoms with Gasteiger partial charge in [0.05, 0.1) is 5.75 Å². The Morgan fingerprint density at radius 3 is 2.87 bits per heavy atom. The number of rotatable bonds is 1. The van der Waals surface area contributed by atoms with Crippen molar-refractivity contribution in [1.82, 2.24) is 0 Å². The third kappa shape index (κ3) is 4.09. The van der Waals surface area contributed by atoms with Crippen LogP contribution in [0.2, 0.25) is 0 Å². The monoisotopic (exact) mass is 219 g/mol. The van der Waals surface area contributed by atoms with Crippen molar-refractivity contribution in [3.8, 4) is 11.8 Å². The molecule has 0 radical (unpaired) electrons. The average Bonchev–Trinajstić information content (AvgIpc) is 2.18. The van der Waals surface area contributed by atoms with E-state index in [4.69, 9.17) is 5.73 Å². The molecule has 0 aromatic heterocycles. The van der Waals surface area contributed by atoms with Gasteiger partial charge >= 0.3 is 0 Å². The maximum atomic E-state index is 10.6. The van der Waals surface area contributed by atoms with Crippen molar-refractivity contribution >= 4 is 22.6 Å². The fraction of sp³-hybridized carbons (Fsp3) is 0.250. The van der Waals surface area contributed by atoms with Gasteiger partial charge in [-0.15, -0.1) is 0 Å². The minimum absolute atomic E-state index is 0.0952. The Labute approximate surface area is 94.2 Å². The molecule has 0 aliphatic carbocycles. The topological polar surface area (TPSA) is 43.1 Å². The van der Waals surface area contributed by atoms with E-state index in [-0.39, 0.29) is 5.12 Å². The Kier molecular flexibility index (Phi) is 4.26. The molecule has 0 heterocycles. The van der Waals surface area contributed by atoms with Crippen LogP contribution in [0.1, 0.15) is 18.1 Å². The van der Waals surface area contributed by atoms with E-state index in [0.717, 1.165) is 16.8 Å². The Morgan fingerprint density at radius 1 is 1.53 bits per heavy atom. The SMILES string of the molecule is CC(=O)SCC#Cc1ccc(N)c(C)c1. The number of thioether (sulfide) groups is 1. The molecular formula is C12H13NOS. The summed E-state index contributed by atoms with van der Waals surface area (Å²) in [5, 5.41) is 0.0952. The number of hydrogen-bond donors (Lipinski definition) is 1. The zero-order valence-electron chi connectivity index (χ0n) is 8.83. The van der Waals surface area contributed by atoms with Crippen LogP contribution in [0.15, 0.2) is 18.2 Å². The molecule has 1 aromatic carbocycles. The minimum atomic E-state index is 0.0952. The quantitative estimate of drug-likeness (QED) is 0.581. The molecule has 0 spiro atoms. The molecule has 0 amide bonds. The van der Waals surface area contributed by atoms with Crippen molar-refractivity contribution in [3.63, 3.8) is 0 Å². The number of carbonyl (C=O) groups excluding carboxylic acids is 1. The summed E-state index contributed by atoms with van der Waals surface area (Å²) < 4.78 is 0. The molecule has 0 unspecified atom stereocenters. The molecule has 0 atom stereocenters. The summed E-state index contributed by atoms with van der Waals surface area (Å²) in [6.45, 7) is 3.49. The van der Waals surface area contributed by atoms with Crippen LogP contribution in [-0.2, 0) is 4.79 Å². The van der Waals surface area contributed by atoms with E-state index in [1.54, 1.807) is 6.92 Å². The highest BCUT2D eigenvalue weighted by Gasteiger charge is 1.93. The molecule has 2 nitrogen and oxygen atoms in total. The number of anilines is 1. The van der Waals surface area contributed by atoms with E-state index in [9.17, 15) is 4.79 Å². The molecule has 0 aliphatic heterocycles. The van der Waals surface area contributed by atoms with Crippen LogP contribution in [0.4, 0.5) is 5.69 Å². The van der Waals surface area contributed by atoms with Crippen molar-refractivity contribution in [1.29, 1.82) is 0 Å². The van der Waals surface area contributed by atoms with Crippen molar-refractivity contribution in [2.24, 2.45) is 0 Å². The predicted octanol–water partition coefficient (Wildman–Crippen LogP) is 2.21. The molecule has 78 valence electrons. The molecule has 1 aromatic rings. The zero-order valence-corrected chi connectivity index (χ0v) is 9.65. The van der Waals surface area contributed by atoms with Gasteiger partial charge < -0.3 is 5.73 Å². The van der Waals surface area contributed by atoms with Crippen molar-refractivity contribution < 1.29 is 4.79 Å². The summed E-state index contributed by atoms with van der Waals surface area (Å²) in [5.74, 6) is 6.46. The third-order valence-electron chi connectivity index (χ3n) is 1.85. The summed E-state index contributed by atoms with van der Waals surface area (Å²) in [5.41, 5.74) is 8.43. The first kappa shape index (κ1) is 11.7. The molecule has 15 heavy (non-hydrogen) atoms. The molecule has 0 saturated heterocycles. The number of aryl methyl sites for hydroxylation is 1. The van der Waals surface area contributed by atoms with Crippen LogP contribution in [0.5, 0.6) is 0 Å². The van der Waals surface area contributed by atoms with E-state index < -0.39 is 0 Å². The van der Waals surface area contributed by atoms with E-state index in [0.29, 0.717) is 5.75 Å². The Hall–Kier alpha value is -1.40. The maximum absolute atomic E-state index is 10.6. The molecule has 0 bridgehead atoms. The highest BCUT2D eigenvalue weighted by Crippen LogP contribution is 2.11. The Balaban J connectivity index is 2.64. The van der Waals surface area contributed by atoms with Gasteiger partial charge in [-0.05, 0) is 30.7 Å². The van der Waals surface area contributed by atoms with Crippen LogP contribution in [0.25, 0.3) is 0 Å². The van der Waals surface area contributed by atoms with Gasteiger partial charge in [0.1, 0.15) is 0 Å². The number of nitrogen functional groups attached to an aromatic ring is 1. The van der Waals surface area contributed by atoms with Gasteiger partial charge in [-0.1, -0.05) is 23.6 Å². The second kappa shape index (κ2) is 5.47. The number of hydrogen-bond acceptors (Lipinski definition) is 3. The maximum Gasteiger partial charge on any atom is 0.186 e. The summed E-state index contributed by atoms with van der Waals surface area (Å²) in [6, 6.07) is 5.67. The normalized spacial score (nSPS) is 9.20. The van der Waals surface area contributed by atoms with Gasteiger partial charge in [0.25, 0.3) is 0 Å². The lowest BCUT2D eigenvalue weighted by molar-refractivity contribution is -0.109. The highest BCUT2D eigenvalue weighted by atomic mass is 32.2. The van der Waals surface area contributed by atoms with E-state index in [1.165, 1.54) is 11.8 Å². The molecular weight excluding hydrogens is 206 g/mol. The van der Waals surface area contributed by atoms with Crippen LogP contribution in [0, 0.1) is 18.8 Å². The minimum Gasteiger partial charge on any atom is -0.399 e. The lowest BCUT2D eigenvalue weighted by Gasteiger charge is -1.98. The number of nitrogens with two attached hydrogens (primary N) is 1. The fourth-order valence-electron chi connectivity index (χ4n) is 1.03. The summed E-state index contributed by atoms with van der Waals surface area (Å²) in [7, 11) is 0.